The average Bonchev–Trinajstić information content (AvgIpc) is 3.35. The number of hydrogen-bond acceptors (Lipinski definition) is 7. The number of fused-ring (bicyclic) bond motifs is 1. The summed E-state index contributed by atoms with van der Waals surface area (Å²) in [7, 11) is 0. The van der Waals surface area contributed by atoms with Crippen LogP contribution in [0.5, 0.6) is 0 Å². The van der Waals surface area contributed by atoms with Crippen molar-refractivity contribution >= 4 is 40.6 Å². The van der Waals surface area contributed by atoms with Crippen molar-refractivity contribution in [2.75, 3.05) is 0 Å². The van der Waals surface area contributed by atoms with Crippen LogP contribution in [0.2, 0.25) is 0 Å². The van der Waals surface area contributed by atoms with Crippen molar-refractivity contribution in [2.45, 2.75) is 19.1 Å². The highest BCUT2D eigenvalue weighted by molar-refractivity contribution is 8.03. The standard InChI is InChI=1S/C22H16N2O6S/c1-12-9-14(10-17(13(12)2)24(27)28)18-8-7-15(29-18)11-20(21(25)26)31-22-23-16-5-3-4-6-19(16)30-22/h3-11H,1-2H3,(H,25,26)/b20-11-. The lowest BCUT2D eigenvalue weighted by molar-refractivity contribution is -0.385. The van der Waals surface area contributed by atoms with E-state index in [1.165, 1.54) is 12.1 Å². The van der Waals surface area contributed by atoms with Gasteiger partial charge in [-0.25, -0.2) is 9.78 Å². The predicted molar refractivity (Wildman–Crippen MR) is 116 cm³/mol. The van der Waals surface area contributed by atoms with Crippen molar-refractivity contribution in [1.82, 2.24) is 4.98 Å². The third kappa shape index (κ3) is 4.22. The zero-order valence-electron chi connectivity index (χ0n) is 16.5. The van der Waals surface area contributed by atoms with E-state index in [9.17, 15) is 20.0 Å². The Bertz CT molecular complexity index is 1320. The number of nitrogens with zero attached hydrogens (tertiary/aromatic N) is 2. The maximum absolute atomic E-state index is 11.7. The van der Waals surface area contributed by atoms with E-state index in [1.807, 2.05) is 6.07 Å². The second-order valence-electron chi connectivity index (χ2n) is 6.76. The molecule has 1 N–H and O–H groups in total. The fourth-order valence-electron chi connectivity index (χ4n) is 3.01. The lowest BCUT2D eigenvalue weighted by atomic mass is 10.0. The largest absolute Gasteiger partial charge is 0.477 e. The van der Waals surface area contributed by atoms with Crippen molar-refractivity contribution in [3.8, 4) is 11.3 Å². The van der Waals surface area contributed by atoms with Crippen LogP contribution in [0.3, 0.4) is 0 Å². The number of carboxylic acid groups (broad SMARTS) is 1. The minimum absolute atomic E-state index is 0.00114. The zero-order valence-corrected chi connectivity index (χ0v) is 17.3. The summed E-state index contributed by atoms with van der Waals surface area (Å²) in [6, 6.07) is 13.6. The van der Waals surface area contributed by atoms with Crippen LogP contribution in [0.4, 0.5) is 5.69 Å². The number of nitro groups is 1. The third-order valence-electron chi connectivity index (χ3n) is 4.70. The molecule has 8 nitrogen and oxygen atoms in total. The van der Waals surface area contributed by atoms with Gasteiger partial charge in [-0.15, -0.1) is 0 Å². The molecule has 2 aromatic carbocycles. The summed E-state index contributed by atoms with van der Waals surface area (Å²) in [5, 5.41) is 21.1. The summed E-state index contributed by atoms with van der Waals surface area (Å²) in [5.74, 6) is -0.474. The number of thioether (sulfide) groups is 1. The molecular weight excluding hydrogens is 420 g/mol. The van der Waals surface area contributed by atoms with Gasteiger partial charge >= 0.3 is 5.97 Å². The van der Waals surface area contributed by atoms with E-state index < -0.39 is 10.9 Å². The van der Waals surface area contributed by atoms with Crippen molar-refractivity contribution < 1.29 is 23.7 Å². The van der Waals surface area contributed by atoms with E-state index in [0.29, 0.717) is 28.0 Å². The van der Waals surface area contributed by atoms with Crippen LogP contribution in [-0.4, -0.2) is 21.0 Å². The Labute approximate surface area is 180 Å². The third-order valence-corrected chi connectivity index (χ3v) is 5.57. The molecule has 0 amide bonds. The number of aromatic nitrogens is 1. The highest BCUT2D eigenvalue weighted by Gasteiger charge is 2.18. The molecule has 31 heavy (non-hydrogen) atoms. The molecule has 0 bridgehead atoms. The van der Waals surface area contributed by atoms with Gasteiger partial charge in [-0.1, -0.05) is 12.1 Å². The molecule has 0 aliphatic carbocycles. The zero-order chi connectivity index (χ0) is 22.1. The summed E-state index contributed by atoms with van der Waals surface area (Å²) in [6.45, 7) is 3.48. The van der Waals surface area contributed by atoms with Gasteiger partial charge in [0.1, 0.15) is 21.9 Å². The highest BCUT2D eigenvalue weighted by atomic mass is 32.2. The molecule has 4 aromatic rings. The molecule has 2 heterocycles. The molecule has 0 aliphatic rings. The van der Waals surface area contributed by atoms with Crippen LogP contribution in [-0.2, 0) is 4.79 Å². The Kier molecular flexibility index (Phi) is 5.35. The van der Waals surface area contributed by atoms with Gasteiger partial charge in [-0.3, -0.25) is 10.1 Å². The highest BCUT2D eigenvalue weighted by Crippen LogP contribution is 2.33. The molecule has 0 atom stereocenters. The van der Waals surface area contributed by atoms with Crippen LogP contribution in [0.15, 0.2) is 67.5 Å². The Balaban J connectivity index is 1.65. The maximum Gasteiger partial charge on any atom is 0.342 e. The minimum Gasteiger partial charge on any atom is -0.477 e. The Hall–Kier alpha value is -3.85. The average molecular weight is 436 g/mol. The summed E-state index contributed by atoms with van der Waals surface area (Å²) >= 11 is 0.868. The molecular formula is C22H16N2O6S. The van der Waals surface area contributed by atoms with E-state index in [2.05, 4.69) is 4.98 Å². The second kappa shape index (κ2) is 8.11. The number of benzene rings is 2. The molecule has 0 spiro atoms. The van der Waals surface area contributed by atoms with E-state index in [0.717, 1.165) is 17.3 Å². The Morgan fingerprint density at radius 3 is 2.65 bits per heavy atom. The van der Waals surface area contributed by atoms with Gasteiger partial charge in [0.2, 0.25) is 0 Å². The Morgan fingerprint density at radius 1 is 1.16 bits per heavy atom. The van der Waals surface area contributed by atoms with Gasteiger partial charge < -0.3 is 13.9 Å². The second-order valence-corrected chi connectivity index (χ2v) is 7.75. The fraction of sp³-hybridized carbons (Fsp3) is 0.0909. The molecule has 2 aromatic heterocycles. The molecule has 9 heteroatoms. The first-order valence-corrected chi connectivity index (χ1v) is 9.98. The lowest BCUT2D eigenvalue weighted by Gasteiger charge is -2.04. The quantitative estimate of drug-likeness (QED) is 0.173. The van der Waals surface area contributed by atoms with Crippen molar-refractivity contribution in [1.29, 1.82) is 0 Å². The molecule has 0 unspecified atom stereocenters. The van der Waals surface area contributed by atoms with Gasteiger partial charge in [-0.05, 0) is 61.5 Å². The maximum atomic E-state index is 11.7. The number of aliphatic carboxylic acids is 1. The molecule has 0 saturated carbocycles. The van der Waals surface area contributed by atoms with E-state index in [4.69, 9.17) is 8.83 Å². The van der Waals surface area contributed by atoms with Crippen molar-refractivity contribution in [2.24, 2.45) is 0 Å². The molecule has 0 fully saturated rings. The number of aryl methyl sites for hydroxylation is 1. The number of rotatable bonds is 6. The van der Waals surface area contributed by atoms with Crippen LogP contribution in [0, 0.1) is 24.0 Å². The first-order valence-electron chi connectivity index (χ1n) is 9.16. The van der Waals surface area contributed by atoms with Crippen LogP contribution in [0.25, 0.3) is 28.5 Å². The van der Waals surface area contributed by atoms with Gasteiger partial charge in [0.15, 0.2) is 5.58 Å². The van der Waals surface area contributed by atoms with Gasteiger partial charge in [-0.2, -0.15) is 0 Å². The summed E-state index contributed by atoms with van der Waals surface area (Å²) < 4.78 is 11.3. The van der Waals surface area contributed by atoms with Crippen LogP contribution in [0.1, 0.15) is 16.9 Å². The number of carboxylic acids is 1. The number of oxazole rings is 1. The molecule has 4 rings (SSSR count). The van der Waals surface area contributed by atoms with Crippen LogP contribution < -0.4 is 0 Å². The van der Waals surface area contributed by atoms with Crippen LogP contribution >= 0.6 is 11.8 Å². The summed E-state index contributed by atoms with van der Waals surface area (Å²) in [5.41, 5.74) is 3.08. The monoisotopic (exact) mass is 436 g/mol. The normalized spacial score (nSPS) is 11.7. The SMILES string of the molecule is Cc1cc(-c2ccc(/C=C(\Sc3nc4ccccc4o3)C(=O)O)o2)cc([N+](=O)[O-])c1C. The number of carbonyl (C=O) groups is 1. The molecule has 0 radical (unpaired) electrons. The fourth-order valence-corrected chi connectivity index (χ4v) is 3.74. The van der Waals surface area contributed by atoms with Crippen molar-refractivity contribution in [3.05, 3.63) is 80.4 Å². The number of para-hydroxylation sites is 2. The lowest BCUT2D eigenvalue weighted by Crippen LogP contribution is -1.96. The molecule has 0 aliphatic heterocycles. The van der Waals surface area contributed by atoms with Gasteiger partial charge in [0, 0.05) is 23.3 Å². The predicted octanol–water partition coefficient (Wildman–Crippen LogP) is 5.83. The van der Waals surface area contributed by atoms with E-state index in [1.54, 1.807) is 50.2 Å². The molecule has 0 saturated heterocycles. The van der Waals surface area contributed by atoms with Gasteiger partial charge in [0.25, 0.3) is 10.9 Å². The first kappa shape index (κ1) is 20.4. The Morgan fingerprint density at radius 2 is 1.94 bits per heavy atom. The minimum atomic E-state index is -1.16. The van der Waals surface area contributed by atoms with Crippen molar-refractivity contribution in [3.63, 3.8) is 0 Å². The summed E-state index contributed by atoms with van der Waals surface area (Å²) in [4.78, 5) is 26.8. The van der Waals surface area contributed by atoms with E-state index in [-0.39, 0.29) is 21.6 Å². The summed E-state index contributed by atoms with van der Waals surface area (Å²) in [6.07, 6.45) is 1.36. The number of hydrogen-bond donors (Lipinski definition) is 1. The smallest absolute Gasteiger partial charge is 0.342 e. The number of furan rings is 1. The topological polar surface area (TPSA) is 120 Å². The van der Waals surface area contributed by atoms with Gasteiger partial charge in [0.05, 0.1) is 4.92 Å². The first-order chi connectivity index (χ1) is 14.8. The molecule has 156 valence electrons. The van der Waals surface area contributed by atoms with E-state index >= 15 is 0 Å². The number of nitro benzene ring substituents is 1.